The largest absolute Gasteiger partial charge is 0.481 e. The average molecular weight is 377 g/mol. The van der Waals surface area contributed by atoms with Gasteiger partial charge in [-0.1, -0.05) is 60.7 Å². The molecule has 28 heavy (non-hydrogen) atoms. The van der Waals surface area contributed by atoms with Crippen LogP contribution >= 0.6 is 0 Å². The van der Waals surface area contributed by atoms with E-state index >= 15 is 0 Å². The molecule has 1 aromatic heterocycles. The minimum atomic E-state index is -1.03. The summed E-state index contributed by atoms with van der Waals surface area (Å²) in [4.78, 5) is 35.9. The third kappa shape index (κ3) is 4.91. The van der Waals surface area contributed by atoms with Crippen LogP contribution < -0.4 is 10.9 Å². The van der Waals surface area contributed by atoms with Crippen molar-refractivity contribution in [2.75, 3.05) is 0 Å². The molecule has 0 saturated carbocycles. The summed E-state index contributed by atoms with van der Waals surface area (Å²) in [6.45, 7) is 0.234. The molecule has 1 heterocycles. The average Bonchev–Trinajstić information content (AvgIpc) is 2.70. The van der Waals surface area contributed by atoms with Crippen LogP contribution in [0.25, 0.3) is 0 Å². The summed E-state index contributed by atoms with van der Waals surface area (Å²) in [6, 6.07) is 20.1. The molecule has 3 aromatic rings. The number of carboxylic acid groups (broad SMARTS) is 1. The summed E-state index contributed by atoms with van der Waals surface area (Å²) in [5.41, 5.74) is 1.27. The van der Waals surface area contributed by atoms with E-state index in [1.165, 1.54) is 16.8 Å². The Bertz CT molecular complexity index is 1020. The summed E-state index contributed by atoms with van der Waals surface area (Å²) in [5.74, 6) is -1.58. The first kappa shape index (κ1) is 19.0. The Morgan fingerprint density at radius 3 is 2.25 bits per heavy atom. The van der Waals surface area contributed by atoms with Crippen molar-refractivity contribution in [3.63, 3.8) is 0 Å². The van der Waals surface area contributed by atoms with Crippen LogP contribution in [0.3, 0.4) is 0 Å². The number of carbonyl (C=O) groups is 2. The Morgan fingerprint density at radius 2 is 1.61 bits per heavy atom. The molecule has 0 aliphatic heterocycles. The molecule has 0 fully saturated rings. The van der Waals surface area contributed by atoms with Crippen LogP contribution in [0.5, 0.6) is 0 Å². The minimum absolute atomic E-state index is 0.0434. The highest BCUT2D eigenvalue weighted by Crippen LogP contribution is 2.17. The van der Waals surface area contributed by atoms with Gasteiger partial charge in [0.25, 0.3) is 11.5 Å². The van der Waals surface area contributed by atoms with E-state index in [1.807, 2.05) is 36.4 Å². The van der Waals surface area contributed by atoms with Crippen LogP contribution in [0.15, 0.2) is 77.6 Å². The van der Waals surface area contributed by atoms with E-state index in [0.29, 0.717) is 5.56 Å². The number of amides is 1. The molecule has 0 spiro atoms. The van der Waals surface area contributed by atoms with Gasteiger partial charge in [0.2, 0.25) is 0 Å². The molecule has 1 atom stereocenters. The predicted octanol–water partition coefficient (Wildman–Crippen LogP) is 2.24. The number of carbonyl (C=O) groups excluding carboxylic acids is 1. The first-order chi connectivity index (χ1) is 13.5. The van der Waals surface area contributed by atoms with E-state index in [2.05, 4.69) is 10.4 Å². The standard InChI is InChI=1S/C21H19N3O4/c25-19-12-11-17(23-24(19)14-15-7-3-1-4-8-15)21(28)22-18(13-20(26)27)16-9-5-2-6-10-16/h1-12,18H,13-14H2,(H,22,28)(H,26,27). The van der Waals surface area contributed by atoms with E-state index in [4.69, 9.17) is 5.11 Å². The quantitative estimate of drug-likeness (QED) is 0.658. The number of aromatic nitrogens is 2. The second-order valence-corrected chi connectivity index (χ2v) is 6.23. The van der Waals surface area contributed by atoms with Crippen molar-refractivity contribution in [3.8, 4) is 0 Å². The van der Waals surface area contributed by atoms with Gasteiger partial charge >= 0.3 is 5.97 Å². The number of aliphatic carboxylic acids is 1. The molecule has 7 nitrogen and oxygen atoms in total. The zero-order valence-corrected chi connectivity index (χ0v) is 15.0. The molecule has 142 valence electrons. The lowest BCUT2D eigenvalue weighted by atomic mass is 10.0. The van der Waals surface area contributed by atoms with Crippen LogP contribution in [0.1, 0.15) is 34.1 Å². The monoisotopic (exact) mass is 377 g/mol. The minimum Gasteiger partial charge on any atom is -0.481 e. The van der Waals surface area contributed by atoms with E-state index in [-0.39, 0.29) is 24.2 Å². The van der Waals surface area contributed by atoms with Gasteiger partial charge in [-0.3, -0.25) is 14.4 Å². The number of hydrogen-bond acceptors (Lipinski definition) is 4. The van der Waals surface area contributed by atoms with E-state index in [9.17, 15) is 14.4 Å². The molecule has 7 heteroatoms. The first-order valence-corrected chi connectivity index (χ1v) is 8.72. The zero-order valence-electron chi connectivity index (χ0n) is 15.0. The topological polar surface area (TPSA) is 101 Å². The maximum Gasteiger partial charge on any atom is 0.305 e. The lowest BCUT2D eigenvalue weighted by molar-refractivity contribution is -0.137. The lowest BCUT2D eigenvalue weighted by Crippen LogP contribution is -2.33. The molecule has 3 rings (SSSR count). The van der Waals surface area contributed by atoms with E-state index in [0.717, 1.165) is 5.56 Å². The molecule has 2 aromatic carbocycles. The molecular formula is C21H19N3O4. The molecule has 0 aliphatic rings. The number of hydrogen-bond donors (Lipinski definition) is 2. The molecule has 2 N–H and O–H groups in total. The van der Waals surface area contributed by atoms with Gasteiger partial charge in [0.1, 0.15) is 5.69 Å². The van der Waals surface area contributed by atoms with Crippen molar-refractivity contribution in [3.05, 3.63) is 100.0 Å². The Kier molecular flexibility index (Phi) is 5.96. The fourth-order valence-electron chi connectivity index (χ4n) is 2.78. The van der Waals surface area contributed by atoms with Gasteiger partial charge < -0.3 is 10.4 Å². The van der Waals surface area contributed by atoms with E-state index in [1.54, 1.807) is 24.3 Å². The highest BCUT2D eigenvalue weighted by molar-refractivity contribution is 5.92. The number of carboxylic acids is 1. The number of nitrogens with zero attached hydrogens (tertiary/aromatic N) is 2. The fraction of sp³-hybridized carbons (Fsp3) is 0.143. The molecule has 0 aliphatic carbocycles. The number of rotatable bonds is 7. The van der Waals surface area contributed by atoms with Gasteiger partial charge in [0.15, 0.2) is 0 Å². The normalized spacial score (nSPS) is 11.6. The van der Waals surface area contributed by atoms with Crippen molar-refractivity contribution in [1.29, 1.82) is 0 Å². The Labute approximate surface area is 161 Å². The SMILES string of the molecule is O=C(O)CC(NC(=O)c1ccc(=O)n(Cc2ccccc2)n1)c1ccccc1. The molecule has 0 radical (unpaired) electrons. The predicted molar refractivity (Wildman–Crippen MR) is 103 cm³/mol. The first-order valence-electron chi connectivity index (χ1n) is 8.72. The van der Waals surface area contributed by atoms with Gasteiger partial charge in [-0.25, -0.2) is 4.68 Å². The van der Waals surface area contributed by atoms with Crippen LogP contribution in [-0.4, -0.2) is 26.8 Å². The number of benzene rings is 2. The highest BCUT2D eigenvalue weighted by Gasteiger charge is 2.20. The second-order valence-electron chi connectivity index (χ2n) is 6.23. The molecule has 0 bridgehead atoms. The molecule has 0 saturated heterocycles. The van der Waals surface area contributed by atoms with Crippen LogP contribution in [0, 0.1) is 0 Å². The van der Waals surface area contributed by atoms with Gasteiger partial charge in [-0.15, -0.1) is 0 Å². The fourth-order valence-corrected chi connectivity index (χ4v) is 2.78. The van der Waals surface area contributed by atoms with Crippen molar-refractivity contribution in [2.45, 2.75) is 19.0 Å². The van der Waals surface area contributed by atoms with Gasteiger partial charge in [0.05, 0.1) is 19.0 Å². The summed E-state index contributed by atoms with van der Waals surface area (Å²) in [7, 11) is 0. The summed E-state index contributed by atoms with van der Waals surface area (Å²) < 4.78 is 1.21. The smallest absolute Gasteiger partial charge is 0.305 e. The Morgan fingerprint density at radius 1 is 0.964 bits per heavy atom. The third-order valence-corrected chi connectivity index (χ3v) is 4.16. The maximum atomic E-state index is 12.6. The zero-order chi connectivity index (χ0) is 19.9. The van der Waals surface area contributed by atoms with Crippen molar-refractivity contribution < 1.29 is 14.7 Å². The summed E-state index contributed by atoms with van der Waals surface area (Å²) in [5, 5.41) is 16.0. The molecule has 1 unspecified atom stereocenters. The number of nitrogens with one attached hydrogen (secondary N) is 1. The maximum absolute atomic E-state index is 12.6. The van der Waals surface area contributed by atoms with Crippen molar-refractivity contribution in [1.82, 2.24) is 15.1 Å². The Balaban J connectivity index is 1.82. The van der Waals surface area contributed by atoms with Crippen LogP contribution in [0.2, 0.25) is 0 Å². The molecule has 1 amide bonds. The summed E-state index contributed by atoms with van der Waals surface area (Å²) >= 11 is 0. The van der Waals surface area contributed by atoms with Gasteiger partial charge in [-0.2, -0.15) is 5.10 Å². The van der Waals surface area contributed by atoms with Gasteiger partial charge in [0, 0.05) is 6.07 Å². The molecular weight excluding hydrogens is 358 g/mol. The van der Waals surface area contributed by atoms with Crippen molar-refractivity contribution in [2.24, 2.45) is 0 Å². The van der Waals surface area contributed by atoms with Crippen LogP contribution in [-0.2, 0) is 11.3 Å². The lowest BCUT2D eigenvalue weighted by Gasteiger charge is -2.17. The second kappa shape index (κ2) is 8.77. The Hall–Kier alpha value is -3.74. The van der Waals surface area contributed by atoms with Gasteiger partial charge in [-0.05, 0) is 17.2 Å². The van der Waals surface area contributed by atoms with Crippen LogP contribution in [0.4, 0.5) is 0 Å². The van der Waals surface area contributed by atoms with E-state index < -0.39 is 17.9 Å². The third-order valence-electron chi connectivity index (χ3n) is 4.16. The van der Waals surface area contributed by atoms with Crippen molar-refractivity contribution >= 4 is 11.9 Å². The summed E-state index contributed by atoms with van der Waals surface area (Å²) in [6.07, 6.45) is -0.264. The highest BCUT2D eigenvalue weighted by atomic mass is 16.4.